The number of amides is 1. The van der Waals surface area contributed by atoms with Gasteiger partial charge >= 0.3 is 6.36 Å². The maximum absolute atomic E-state index is 12.5. The molecule has 2 aliphatic rings. The van der Waals surface area contributed by atoms with Gasteiger partial charge < -0.3 is 19.5 Å². The number of carbonyl (C=O) groups excluding carboxylic acids is 1. The topological polar surface area (TPSA) is 56.8 Å². The number of carbonyl (C=O) groups is 1. The maximum Gasteiger partial charge on any atom is 0.573 e. The molecular formula is C21H20F3NO4. The minimum Gasteiger partial charge on any atom is -0.488 e. The molecule has 1 amide bonds. The van der Waals surface area contributed by atoms with Gasteiger partial charge in [0.1, 0.15) is 23.7 Å². The lowest BCUT2D eigenvalue weighted by Crippen LogP contribution is -2.40. The first-order valence-corrected chi connectivity index (χ1v) is 9.42. The van der Waals surface area contributed by atoms with E-state index < -0.39 is 6.36 Å². The van der Waals surface area contributed by atoms with Crippen LogP contribution in [0, 0.1) is 0 Å². The predicted molar refractivity (Wildman–Crippen MR) is 98.7 cm³/mol. The lowest BCUT2D eigenvalue weighted by atomic mass is 10.0. The van der Waals surface area contributed by atoms with E-state index in [2.05, 4.69) is 10.1 Å². The standard InChI is InChI=1S/C21H20F3NO4/c22-21(23,24)29-16-4-1-3-13(10-16)14-6-7-18-15(9-14)11-17(28-18)12-25-20(26)19-5-2-8-27-19/h1,3-4,6-7,9-10,17,19H,2,5,8,11-12H2,(H,25,26). The monoisotopic (exact) mass is 407 g/mol. The van der Waals surface area contributed by atoms with Gasteiger partial charge in [-0.3, -0.25) is 4.79 Å². The van der Waals surface area contributed by atoms with E-state index in [-0.39, 0.29) is 23.9 Å². The predicted octanol–water partition coefficient (Wildman–Crippen LogP) is 3.85. The molecule has 0 bridgehead atoms. The molecule has 2 aliphatic heterocycles. The molecule has 154 valence electrons. The molecule has 1 saturated heterocycles. The molecule has 1 fully saturated rings. The third-order valence-corrected chi connectivity index (χ3v) is 4.93. The van der Waals surface area contributed by atoms with Crippen molar-refractivity contribution in [2.45, 2.75) is 37.8 Å². The highest BCUT2D eigenvalue weighted by Gasteiger charge is 2.31. The van der Waals surface area contributed by atoms with E-state index in [1.54, 1.807) is 18.2 Å². The summed E-state index contributed by atoms with van der Waals surface area (Å²) in [5, 5.41) is 2.86. The van der Waals surface area contributed by atoms with Crippen LogP contribution in [0.1, 0.15) is 18.4 Å². The normalized spacial score (nSPS) is 20.8. The van der Waals surface area contributed by atoms with Crippen molar-refractivity contribution in [1.29, 1.82) is 0 Å². The van der Waals surface area contributed by atoms with Gasteiger partial charge in [-0.05, 0) is 53.8 Å². The van der Waals surface area contributed by atoms with Gasteiger partial charge in [0.25, 0.3) is 0 Å². The molecule has 0 radical (unpaired) electrons. The van der Waals surface area contributed by atoms with Crippen molar-refractivity contribution < 1.29 is 32.2 Å². The number of benzene rings is 2. The van der Waals surface area contributed by atoms with Gasteiger partial charge in [0, 0.05) is 13.0 Å². The highest BCUT2D eigenvalue weighted by Crippen LogP contribution is 2.34. The Bertz CT molecular complexity index is 894. The zero-order valence-electron chi connectivity index (χ0n) is 15.5. The van der Waals surface area contributed by atoms with Crippen LogP contribution < -0.4 is 14.8 Å². The molecule has 0 spiro atoms. The molecule has 29 heavy (non-hydrogen) atoms. The zero-order valence-corrected chi connectivity index (χ0v) is 15.5. The SMILES string of the molecule is O=C(NCC1Cc2cc(-c3cccc(OC(F)(F)F)c3)ccc2O1)C1CCCO1. The van der Waals surface area contributed by atoms with Crippen LogP contribution in [-0.2, 0) is 16.0 Å². The fourth-order valence-corrected chi connectivity index (χ4v) is 3.60. The lowest BCUT2D eigenvalue weighted by molar-refractivity contribution is -0.274. The highest BCUT2D eigenvalue weighted by atomic mass is 19.4. The van der Waals surface area contributed by atoms with Crippen LogP contribution in [0.4, 0.5) is 13.2 Å². The van der Waals surface area contributed by atoms with Gasteiger partial charge in [-0.2, -0.15) is 0 Å². The Hall–Kier alpha value is -2.74. The average molecular weight is 407 g/mol. The van der Waals surface area contributed by atoms with E-state index in [4.69, 9.17) is 9.47 Å². The molecule has 2 aromatic carbocycles. The van der Waals surface area contributed by atoms with Gasteiger partial charge in [0.05, 0.1) is 6.54 Å². The quantitative estimate of drug-likeness (QED) is 0.818. The molecule has 0 aliphatic carbocycles. The number of nitrogens with one attached hydrogen (secondary N) is 1. The molecule has 2 unspecified atom stereocenters. The Morgan fingerprint density at radius 1 is 1.17 bits per heavy atom. The largest absolute Gasteiger partial charge is 0.573 e. The Morgan fingerprint density at radius 2 is 2.00 bits per heavy atom. The van der Waals surface area contributed by atoms with Gasteiger partial charge in [0.2, 0.25) is 5.91 Å². The second kappa shape index (κ2) is 7.94. The summed E-state index contributed by atoms with van der Waals surface area (Å²) < 4.78 is 52.6. The van der Waals surface area contributed by atoms with Crippen molar-refractivity contribution in [2.75, 3.05) is 13.2 Å². The summed E-state index contributed by atoms with van der Waals surface area (Å²) in [6, 6.07) is 11.3. The van der Waals surface area contributed by atoms with Gasteiger partial charge in [-0.15, -0.1) is 13.2 Å². The maximum atomic E-state index is 12.5. The fourth-order valence-electron chi connectivity index (χ4n) is 3.60. The van der Waals surface area contributed by atoms with E-state index >= 15 is 0 Å². The number of fused-ring (bicyclic) bond motifs is 1. The van der Waals surface area contributed by atoms with Gasteiger partial charge in [0.15, 0.2) is 0 Å². The van der Waals surface area contributed by atoms with E-state index in [1.807, 2.05) is 6.07 Å². The molecular weight excluding hydrogens is 387 g/mol. The average Bonchev–Trinajstić information content (AvgIpc) is 3.34. The van der Waals surface area contributed by atoms with Gasteiger partial charge in [-0.1, -0.05) is 18.2 Å². The van der Waals surface area contributed by atoms with E-state index in [9.17, 15) is 18.0 Å². The number of hydrogen-bond donors (Lipinski definition) is 1. The van der Waals surface area contributed by atoms with Crippen molar-refractivity contribution in [3.05, 3.63) is 48.0 Å². The van der Waals surface area contributed by atoms with Crippen LogP contribution >= 0.6 is 0 Å². The van der Waals surface area contributed by atoms with Crippen LogP contribution in [-0.4, -0.2) is 37.6 Å². The summed E-state index contributed by atoms with van der Waals surface area (Å²) in [6.45, 7) is 0.985. The molecule has 2 atom stereocenters. The zero-order chi connectivity index (χ0) is 20.4. The highest BCUT2D eigenvalue weighted by molar-refractivity contribution is 5.81. The van der Waals surface area contributed by atoms with Crippen molar-refractivity contribution in [3.8, 4) is 22.6 Å². The van der Waals surface area contributed by atoms with E-state index in [1.165, 1.54) is 18.2 Å². The first-order valence-electron chi connectivity index (χ1n) is 9.42. The number of hydrogen-bond acceptors (Lipinski definition) is 4. The third-order valence-electron chi connectivity index (χ3n) is 4.93. The Kier molecular flexibility index (Phi) is 5.36. The first-order chi connectivity index (χ1) is 13.9. The van der Waals surface area contributed by atoms with Crippen LogP contribution in [0.3, 0.4) is 0 Å². The third kappa shape index (κ3) is 4.82. The smallest absolute Gasteiger partial charge is 0.488 e. The molecule has 1 N–H and O–H groups in total. The summed E-state index contributed by atoms with van der Waals surface area (Å²) in [7, 11) is 0. The molecule has 8 heteroatoms. The summed E-state index contributed by atoms with van der Waals surface area (Å²) >= 11 is 0. The number of alkyl halides is 3. The number of rotatable bonds is 5. The molecule has 5 nitrogen and oxygen atoms in total. The molecule has 0 aromatic heterocycles. The molecule has 2 aromatic rings. The van der Waals surface area contributed by atoms with Crippen molar-refractivity contribution >= 4 is 5.91 Å². The summed E-state index contributed by atoms with van der Waals surface area (Å²) in [5.41, 5.74) is 2.33. The molecule has 0 saturated carbocycles. The Labute approximate surface area is 165 Å². The second-order valence-electron chi connectivity index (χ2n) is 7.09. The molecule has 4 rings (SSSR count). The Morgan fingerprint density at radius 3 is 2.76 bits per heavy atom. The second-order valence-corrected chi connectivity index (χ2v) is 7.09. The summed E-state index contributed by atoms with van der Waals surface area (Å²) in [4.78, 5) is 12.1. The van der Waals surface area contributed by atoms with Crippen molar-refractivity contribution in [3.63, 3.8) is 0 Å². The van der Waals surface area contributed by atoms with E-state index in [0.29, 0.717) is 30.9 Å². The van der Waals surface area contributed by atoms with Crippen LogP contribution in [0.2, 0.25) is 0 Å². The van der Waals surface area contributed by atoms with Crippen molar-refractivity contribution in [2.24, 2.45) is 0 Å². The van der Waals surface area contributed by atoms with Gasteiger partial charge in [-0.25, -0.2) is 0 Å². The van der Waals surface area contributed by atoms with Crippen LogP contribution in [0.25, 0.3) is 11.1 Å². The first kappa shape index (κ1) is 19.6. The minimum absolute atomic E-state index is 0.121. The number of halogens is 3. The summed E-state index contributed by atoms with van der Waals surface area (Å²) in [6.07, 6.45) is -3.07. The van der Waals surface area contributed by atoms with Crippen LogP contribution in [0.15, 0.2) is 42.5 Å². The van der Waals surface area contributed by atoms with E-state index in [0.717, 1.165) is 24.0 Å². The van der Waals surface area contributed by atoms with Crippen LogP contribution in [0.5, 0.6) is 11.5 Å². The lowest BCUT2D eigenvalue weighted by Gasteiger charge is -2.14. The van der Waals surface area contributed by atoms with Crippen molar-refractivity contribution in [1.82, 2.24) is 5.32 Å². The Balaban J connectivity index is 1.40. The fraction of sp³-hybridized carbons (Fsp3) is 0.381. The summed E-state index contributed by atoms with van der Waals surface area (Å²) in [5.74, 6) is 0.332. The number of ether oxygens (including phenoxy) is 3. The molecule has 2 heterocycles. The minimum atomic E-state index is -4.73.